The van der Waals surface area contributed by atoms with Gasteiger partial charge in [-0.1, -0.05) is 51.5 Å². The summed E-state index contributed by atoms with van der Waals surface area (Å²) in [5.74, 6) is -0.188. The first kappa shape index (κ1) is 20.1. The molecule has 1 atom stereocenters. The average Bonchev–Trinajstić information content (AvgIpc) is 2.98. The Hall–Kier alpha value is -2.21. The van der Waals surface area contributed by atoms with Crippen molar-refractivity contribution >= 4 is 5.91 Å². The van der Waals surface area contributed by atoms with Crippen LogP contribution in [-0.2, 0) is 11.8 Å². The summed E-state index contributed by atoms with van der Waals surface area (Å²) in [5, 5.41) is 11.3. The average molecular weight is 358 g/mol. The number of nitrogens with two attached hydrogens (primary N) is 1. The molecule has 3 N–H and O–H groups in total. The third kappa shape index (κ3) is 4.91. The summed E-state index contributed by atoms with van der Waals surface area (Å²) in [5.41, 5.74) is 9.25. The molecule has 2 aromatic rings. The van der Waals surface area contributed by atoms with Crippen molar-refractivity contribution in [3.63, 3.8) is 0 Å². The zero-order valence-corrected chi connectivity index (χ0v) is 16.5. The van der Waals surface area contributed by atoms with Crippen LogP contribution < -0.4 is 11.1 Å². The number of hydrogen-bond acceptors (Lipinski definition) is 4. The number of rotatable bonds is 7. The molecule has 0 aliphatic rings. The normalized spacial score (nSPS) is 12.8. The highest BCUT2D eigenvalue weighted by Gasteiger charge is 2.20. The molecule has 1 heterocycles. The van der Waals surface area contributed by atoms with Gasteiger partial charge in [0.25, 0.3) is 5.91 Å². The van der Waals surface area contributed by atoms with Crippen LogP contribution in [-0.4, -0.2) is 33.5 Å². The lowest BCUT2D eigenvalue weighted by Gasteiger charge is -2.19. The van der Waals surface area contributed by atoms with E-state index in [0.717, 1.165) is 30.6 Å². The molecular formula is C20H31N5O. The van der Waals surface area contributed by atoms with Gasteiger partial charge < -0.3 is 11.1 Å². The second kappa shape index (κ2) is 8.45. The Morgan fingerprint density at radius 1 is 1.27 bits per heavy atom. The van der Waals surface area contributed by atoms with Crippen LogP contribution in [0, 0.1) is 0 Å². The minimum atomic E-state index is -0.188. The Balaban J connectivity index is 2.27. The Labute approximate surface area is 156 Å². The molecular weight excluding hydrogens is 326 g/mol. The standard InChI is InChI=1S/C20H31N5O/c1-6-7-17-18(19(26)22-13-12-14(2)21)23-24-25(17)16-10-8-15(9-11-16)20(3,4)5/h8-11,14H,6-7,12-13,21H2,1-5H3,(H,22,26). The van der Waals surface area contributed by atoms with E-state index in [-0.39, 0.29) is 17.4 Å². The van der Waals surface area contributed by atoms with Crippen molar-refractivity contribution in [1.82, 2.24) is 20.3 Å². The number of carbonyl (C=O) groups excluding carboxylic acids is 1. The minimum Gasteiger partial charge on any atom is -0.351 e. The first-order valence-corrected chi connectivity index (χ1v) is 9.33. The van der Waals surface area contributed by atoms with Gasteiger partial charge in [-0.25, -0.2) is 4.68 Å². The maximum absolute atomic E-state index is 12.5. The molecule has 0 saturated carbocycles. The van der Waals surface area contributed by atoms with Gasteiger partial charge in [-0.3, -0.25) is 4.79 Å². The van der Waals surface area contributed by atoms with Crippen molar-refractivity contribution < 1.29 is 4.79 Å². The van der Waals surface area contributed by atoms with Crippen molar-refractivity contribution in [2.24, 2.45) is 5.73 Å². The highest BCUT2D eigenvalue weighted by atomic mass is 16.2. The minimum absolute atomic E-state index is 0.0578. The summed E-state index contributed by atoms with van der Waals surface area (Å²) in [7, 11) is 0. The molecule has 1 aromatic carbocycles. The molecule has 26 heavy (non-hydrogen) atoms. The monoisotopic (exact) mass is 357 g/mol. The number of hydrogen-bond donors (Lipinski definition) is 2. The summed E-state index contributed by atoms with van der Waals surface area (Å²) in [6.45, 7) is 11.1. The molecule has 6 nitrogen and oxygen atoms in total. The topological polar surface area (TPSA) is 85.8 Å². The quantitative estimate of drug-likeness (QED) is 0.798. The smallest absolute Gasteiger partial charge is 0.273 e. The van der Waals surface area contributed by atoms with Crippen LogP contribution in [0.25, 0.3) is 5.69 Å². The third-order valence-corrected chi connectivity index (χ3v) is 4.33. The van der Waals surface area contributed by atoms with Gasteiger partial charge in [-0.05, 0) is 42.9 Å². The molecule has 0 bridgehead atoms. The largest absolute Gasteiger partial charge is 0.351 e. The first-order valence-electron chi connectivity index (χ1n) is 9.33. The van der Waals surface area contributed by atoms with Gasteiger partial charge >= 0.3 is 0 Å². The fourth-order valence-electron chi connectivity index (χ4n) is 2.75. The zero-order valence-electron chi connectivity index (χ0n) is 16.5. The molecule has 1 unspecified atom stereocenters. The molecule has 0 saturated heterocycles. The van der Waals surface area contributed by atoms with Crippen LogP contribution in [0.5, 0.6) is 0 Å². The lowest BCUT2D eigenvalue weighted by atomic mass is 9.87. The summed E-state index contributed by atoms with van der Waals surface area (Å²) in [4.78, 5) is 12.5. The Bertz CT molecular complexity index is 726. The van der Waals surface area contributed by atoms with Crippen molar-refractivity contribution in [2.45, 2.75) is 65.3 Å². The van der Waals surface area contributed by atoms with E-state index in [1.807, 2.05) is 19.1 Å². The van der Waals surface area contributed by atoms with Crippen LogP contribution in [0.1, 0.15) is 69.2 Å². The summed E-state index contributed by atoms with van der Waals surface area (Å²) < 4.78 is 1.77. The van der Waals surface area contributed by atoms with E-state index in [0.29, 0.717) is 12.2 Å². The van der Waals surface area contributed by atoms with Gasteiger partial charge in [0.15, 0.2) is 5.69 Å². The molecule has 2 rings (SSSR count). The Kier molecular flexibility index (Phi) is 6.53. The number of amides is 1. The van der Waals surface area contributed by atoms with Crippen LogP contribution >= 0.6 is 0 Å². The molecule has 0 spiro atoms. The van der Waals surface area contributed by atoms with Crippen molar-refractivity contribution in [1.29, 1.82) is 0 Å². The molecule has 0 aliphatic carbocycles. The number of aromatic nitrogens is 3. The van der Waals surface area contributed by atoms with E-state index >= 15 is 0 Å². The number of nitrogens with zero attached hydrogens (tertiary/aromatic N) is 3. The second-order valence-electron chi connectivity index (χ2n) is 7.87. The Morgan fingerprint density at radius 2 is 1.92 bits per heavy atom. The predicted molar refractivity (Wildman–Crippen MR) is 105 cm³/mol. The fourth-order valence-corrected chi connectivity index (χ4v) is 2.75. The van der Waals surface area contributed by atoms with E-state index < -0.39 is 0 Å². The molecule has 1 amide bonds. The van der Waals surface area contributed by atoms with Crippen LogP contribution in [0.2, 0.25) is 0 Å². The second-order valence-corrected chi connectivity index (χ2v) is 7.87. The van der Waals surface area contributed by atoms with Gasteiger partial charge in [0, 0.05) is 12.6 Å². The Morgan fingerprint density at radius 3 is 2.46 bits per heavy atom. The third-order valence-electron chi connectivity index (χ3n) is 4.33. The zero-order chi connectivity index (χ0) is 19.3. The lowest BCUT2D eigenvalue weighted by molar-refractivity contribution is 0.0946. The highest BCUT2D eigenvalue weighted by Crippen LogP contribution is 2.24. The molecule has 142 valence electrons. The van der Waals surface area contributed by atoms with Gasteiger partial charge in [-0.2, -0.15) is 0 Å². The molecule has 0 radical (unpaired) electrons. The summed E-state index contributed by atoms with van der Waals surface area (Å²) in [6.07, 6.45) is 2.38. The van der Waals surface area contributed by atoms with E-state index in [4.69, 9.17) is 5.73 Å². The number of nitrogens with one attached hydrogen (secondary N) is 1. The fraction of sp³-hybridized carbons (Fsp3) is 0.550. The van der Waals surface area contributed by atoms with Crippen LogP contribution in [0.3, 0.4) is 0 Å². The SMILES string of the molecule is CCCc1c(C(=O)NCCC(C)N)nnn1-c1ccc(C(C)(C)C)cc1. The molecule has 0 fully saturated rings. The predicted octanol–water partition coefficient (Wildman–Crippen LogP) is 2.98. The van der Waals surface area contributed by atoms with Gasteiger partial charge in [0.1, 0.15) is 0 Å². The van der Waals surface area contributed by atoms with E-state index in [1.165, 1.54) is 5.56 Å². The van der Waals surface area contributed by atoms with Gasteiger partial charge in [0.2, 0.25) is 0 Å². The van der Waals surface area contributed by atoms with Gasteiger partial charge in [0.05, 0.1) is 11.4 Å². The summed E-state index contributed by atoms with van der Waals surface area (Å²) >= 11 is 0. The summed E-state index contributed by atoms with van der Waals surface area (Å²) in [6, 6.07) is 8.34. The molecule has 6 heteroatoms. The van der Waals surface area contributed by atoms with Crippen molar-refractivity contribution in [3.05, 3.63) is 41.2 Å². The lowest BCUT2D eigenvalue weighted by Crippen LogP contribution is -2.30. The maximum atomic E-state index is 12.5. The van der Waals surface area contributed by atoms with Crippen molar-refractivity contribution in [2.75, 3.05) is 6.54 Å². The van der Waals surface area contributed by atoms with Gasteiger partial charge in [-0.15, -0.1) is 5.10 Å². The number of carbonyl (C=O) groups is 1. The van der Waals surface area contributed by atoms with Crippen molar-refractivity contribution in [3.8, 4) is 5.69 Å². The van der Waals surface area contributed by atoms with E-state index in [9.17, 15) is 4.79 Å². The van der Waals surface area contributed by atoms with E-state index in [2.05, 4.69) is 55.5 Å². The van der Waals surface area contributed by atoms with Crippen LogP contribution in [0.4, 0.5) is 0 Å². The van der Waals surface area contributed by atoms with Crippen LogP contribution in [0.15, 0.2) is 24.3 Å². The molecule has 1 aromatic heterocycles. The molecule has 0 aliphatic heterocycles. The highest BCUT2D eigenvalue weighted by molar-refractivity contribution is 5.93. The number of benzene rings is 1. The first-order chi connectivity index (χ1) is 12.2. The maximum Gasteiger partial charge on any atom is 0.273 e. The van der Waals surface area contributed by atoms with E-state index in [1.54, 1.807) is 4.68 Å².